The maximum Gasteiger partial charge on any atom is 0.513 e. The van der Waals surface area contributed by atoms with Crippen LogP contribution < -0.4 is 20.7 Å². The van der Waals surface area contributed by atoms with Crippen molar-refractivity contribution in [3.05, 3.63) is 59.7 Å². The summed E-state index contributed by atoms with van der Waals surface area (Å²) in [4.78, 5) is 47.8. The van der Waals surface area contributed by atoms with Gasteiger partial charge in [0.2, 0.25) is 5.91 Å². The van der Waals surface area contributed by atoms with Crippen LogP contribution in [0.2, 0.25) is 0 Å². The van der Waals surface area contributed by atoms with Crippen LogP contribution in [0.1, 0.15) is 43.6 Å². The number of carbonyl (C=O) groups excluding carboxylic acids is 4. The molecule has 0 aliphatic heterocycles. The Balaban J connectivity index is 1.90. The minimum atomic E-state index is -0.820. The minimum Gasteiger partial charge on any atom is -0.444 e. The number of para-hydroxylation sites is 1. The van der Waals surface area contributed by atoms with Gasteiger partial charge in [0.1, 0.15) is 17.9 Å². The predicted octanol–water partition coefficient (Wildman–Crippen LogP) is 3.62. The zero-order valence-electron chi connectivity index (χ0n) is 19.6. The first-order valence-corrected chi connectivity index (χ1v) is 10.6. The highest BCUT2D eigenvalue weighted by atomic mass is 16.7. The Hall–Kier alpha value is -4.08. The van der Waals surface area contributed by atoms with Gasteiger partial charge < -0.3 is 30.2 Å². The highest BCUT2D eigenvalue weighted by molar-refractivity contribution is 5.95. The Bertz CT molecular complexity index is 1010. The van der Waals surface area contributed by atoms with Gasteiger partial charge in [-0.25, -0.2) is 9.59 Å². The Morgan fingerprint density at radius 2 is 1.59 bits per heavy atom. The fourth-order valence-electron chi connectivity index (χ4n) is 2.65. The summed E-state index contributed by atoms with van der Waals surface area (Å²) in [6.45, 7) is 6.92. The number of hydrogen-bond acceptors (Lipinski definition) is 7. The lowest BCUT2D eigenvalue weighted by Gasteiger charge is -2.19. The molecule has 10 nitrogen and oxygen atoms in total. The summed E-state index contributed by atoms with van der Waals surface area (Å²) in [7, 11) is 0. The summed E-state index contributed by atoms with van der Waals surface area (Å²) >= 11 is 0. The van der Waals surface area contributed by atoms with Gasteiger partial charge in [-0.15, -0.1) is 0 Å². The van der Waals surface area contributed by atoms with Crippen LogP contribution in [-0.2, 0) is 20.8 Å². The summed E-state index contributed by atoms with van der Waals surface area (Å²) in [5.74, 6) is -0.541. The Kier molecular flexibility index (Phi) is 9.42. The first-order valence-electron chi connectivity index (χ1n) is 10.6. The molecule has 0 atom stereocenters. The quantitative estimate of drug-likeness (QED) is 0.396. The molecule has 0 bridgehead atoms. The van der Waals surface area contributed by atoms with Gasteiger partial charge in [-0.3, -0.25) is 9.59 Å². The van der Waals surface area contributed by atoms with E-state index in [0.717, 1.165) is 0 Å². The molecule has 0 saturated heterocycles. The van der Waals surface area contributed by atoms with E-state index in [9.17, 15) is 19.2 Å². The molecule has 0 heterocycles. The SMILES string of the molecule is CCOC(=O)Oc1ccc(C(=O)NCc2ccccc2NC(=O)CNC(=O)OC(C)(C)C)cc1. The highest BCUT2D eigenvalue weighted by Gasteiger charge is 2.17. The van der Waals surface area contributed by atoms with E-state index in [1.807, 2.05) is 0 Å². The number of carbonyl (C=O) groups is 4. The lowest BCUT2D eigenvalue weighted by molar-refractivity contribution is -0.115. The summed E-state index contributed by atoms with van der Waals surface area (Å²) in [6.07, 6.45) is -1.51. The molecule has 0 aliphatic rings. The molecule has 0 saturated carbocycles. The number of rotatable bonds is 8. The molecular weight excluding hydrogens is 442 g/mol. The Labute approximate surface area is 198 Å². The van der Waals surface area contributed by atoms with Crippen molar-refractivity contribution < 1.29 is 33.4 Å². The van der Waals surface area contributed by atoms with Crippen molar-refractivity contribution >= 4 is 29.8 Å². The van der Waals surface area contributed by atoms with Gasteiger partial charge in [0.25, 0.3) is 5.91 Å². The van der Waals surface area contributed by atoms with Crippen molar-refractivity contribution in [2.45, 2.75) is 39.8 Å². The van der Waals surface area contributed by atoms with E-state index < -0.39 is 23.8 Å². The minimum absolute atomic E-state index is 0.149. The highest BCUT2D eigenvalue weighted by Crippen LogP contribution is 2.16. The van der Waals surface area contributed by atoms with Crippen LogP contribution in [-0.4, -0.2) is 42.8 Å². The fourth-order valence-corrected chi connectivity index (χ4v) is 2.65. The zero-order valence-corrected chi connectivity index (χ0v) is 19.6. The molecule has 2 aromatic carbocycles. The van der Waals surface area contributed by atoms with Crippen molar-refractivity contribution in [1.29, 1.82) is 0 Å². The molecule has 182 valence electrons. The first kappa shape index (κ1) is 26.2. The number of benzene rings is 2. The van der Waals surface area contributed by atoms with E-state index in [1.54, 1.807) is 52.0 Å². The van der Waals surface area contributed by atoms with Gasteiger partial charge in [-0.1, -0.05) is 18.2 Å². The topological polar surface area (TPSA) is 132 Å². The number of nitrogens with one attached hydrogen (secondary N) is 3. The number of anilines is 1. The van der Waals surface area contributed by atoms with Crippen LogP contribution in [0, 0.1) is 0 Å². The van der Waals surface area contributed by atoms with Gasteiger partial charge in [0, 0.05) is 17.8 Å². The van der Waals surface area contributed by atoms with E-state index in [1.165, 1.54) is 24.3 Å². The molecule has 10 heteroatoms. The van der Waals surface area contributed by atoms with E-state index in [2.05, 4.69) is 16.0 Å². The molecule has 0 radical (unpaired) electrons. The monoisotopic (exact) mass is 471 g/mol. The third-order valence-electron chi connectivity index (χ3n) is 4.10. The van der Waals surface area contributed by atoms with Crippen LogP contribution in [0.15, 0.2) is 48.5 Å². The first-order chi connectivity index (χ1) is 16.1. The number of alkyl carbamates (subject to hydrolysis) is 1. The molecule has 34 heavy (non-hydrogen) atoms. The normalized spacial score (nSPS) is 10.6. The maximum atomic E-state index is 12.5. The second-order valence-electron chi connectivity index (χ2n) is 8.05. The van der Waals surface area contributed by atoms with Crippen molar-refractivity contribution in [1.82, 2.24) is 10.6 Å². The van der Waals surface area contributed by atoms with E-state index in [0.29, 0.717) is 16.8 Å². The Morgan fingerprint density at radius 1 is 0.912 bits per heavy atom. The number of hydrogen-bond donors (Lipinski definition) is 3. The number of ether oxygens (including phenoxy) is 3. The fraction of sp³-hybridized carbons (Fsp3) is 0.333. The van der Waals surface area contributed by atoms with Crippen LogP contribution in [0.3, 0.4) is 0 Å². The average molecular weight is 472 g/mol. The third-order valence-corrected chi connectivity index (χ3v) is 4.10. The van der Waals surface area contributed by atoms with Gasteiger partial charge in [0.05, 0.1) is 6.61 Å². The third kappa shape index (κ3) is 9.19. The van der Waals surface area contributed by atoms with Gasteiger partial charge in [-0.2, -0.15) is 0 Å². The second-order valence-corrected chi connectivity index (χ2v) is 8.05. The lowest BCUT2D eigenvalue weighted by Crippen LogP contribution is -2.37. The second kappa shape index (κ2) is 12.2. The van der Waals surface area contributed by atoms with E-state index >= 15 is 0 Å². The molecule has 0 fully saturated rings. The average Bonchev–Trinajstić information content (AvgIpc) is 2.76. The van der Waals surface area contributed by atoms with Crippen LogP contribution in [0.25, 0.3) is 0 Å². The van der Waals surface area contributed by atoms with Gasteiger partial charge in [-0.05, 0) is 63.6 Å². The molecule has 2 rings (SSSR count). The predicted molar refractivity (Wildman–Crippen MR) is 125 cm³/mol. The van der Waals surface area contributed by atoms with E-state index in [-0.39, 0.29) is 31.4 Å². The summed E-state index contributed by atoms with van der Waals surface area (Å²) in [5, 5.41) is 7.87. The molecule has 0 aromatic heterocycles. The van der Waals surface area contributed by atoms with Gasteiger partial charge >= 0.3 is 12.2 Å². The van der Waals surface area contributed by atoms with Crippen molar-refractivity contribution in [3.8, 4) is 5.75 Å². The number of amides is 3. The molecule has 0 aliphatic carbocycles. The van der Waals surface area contributed by atoms with Gasteiger partial charge in [0.15, 0.2) is 0 Å². The summed E-state index contributed by atoms with van der Waals surface area (Å²) < 4.78 is 14.8. The van der Waals surface area contributed by atoms with Crippen LogP contribution in [0.4, 0.5) is 15.3 Å². The molecule has 3 amide bonds. The summed E-state index contributed by atoms with van der Waals surface area (Å²) in [5.41, 5.74) is 0.861. The van der Waals surface area contributed by atoms with Crippen molar-refractivity contribution in [2.75, 3.05) is 18.5 Å². The van der Waals surface area contributed by atoms with Crippen molar-refractivity contribution in [2.24, 2.45) is 0 Å². The molecule has 3 N–H and O–H groups in total. The van der Waals surface area contributed by atoms with Crippen molar-refractivity contribution in [3.63, 3.8) is 0 Å². The summed E-state index contributed by atoms with van der Waals surface area (Å²) in [6, 6.07) is 13.0. The molecular formula is C24H29N3O7. The lowest BCUT2D eigenvalue weighted by atomic mass is 10.1. The van der Waals surface area contributed by atoms with E-state index in [4.69, 9.17) is 14.2 Å². The zero-order chi connectivity index (χ0) is 25.1. The van der Waals surface area contributed by atoms with Crippen LogP contribution in [0.5, 0.6) is 5.75 Å². The molecule has 0 unspecified atom stereocenters. The standard InChI is InChI=1S/C24H29N3O7/c1-5-32-23(31)33-18-12-10-16(11-13-18)21(29)25-14-17-8-6-7-9-19(17)27-20(28)15-26-22(30)34-24(2,3)4/h6-13H,5,14-15H2,1-4H3,(H,25,29)(H,26,30)(H,27,28). The molecule has 2 aromatic rings. The smallest absolute Gasteiger partial charge is 0.444 e. The maximum absolute atomic E-state index is 12.5. The Morgan fingerprint density at radius 3 is 2.24 bits per heavy atom. The molecule has 0 spiro atoms. The largest absolute Gasteiger partial charge is 0.513 e. The van der Waals surface area contributed by atoms with Crippen LogP contribution >= 0.6 is 0 Å².